The Morgan fingerprint density at radius 1 is 1.20 bits per heavy atom. The average molecular weight is 420 g/mol. The smallest absolute Gasteiger partial charge is 0.255 e. The first-order valence-electron chi connectivity index (χ1n) is 10.4. The largest absolute Gasteiger partial charge is 0.322 e. The summed E-state index contributed by atoms with van der Waals surface area (Å²) in [4.78, 5) is 40.2. The summed E-state index contributed by atoms with van der Waals surface area (Å²) in [5.41, 5.74) is 2.46. The molecule has 0 saturated carbocycles. The van der Waals surface area contributed by atoms with E-state index in [-0.39, 0.29) is 30.8 Å². The minimum Gasteiger partial charge on any atom is -0.322 e. The topological polar surface area (TPSA) is 81.8 Å². The SMILES string of the molecule is O=C1CCC(N2Cc3ccc(CN4CCCC(NCC(F)F)C4)cc3C2=O)C(=O)N1. The van der Waals surface area contributed by atoms with E-state index in [2.05, 4.69) is 15.5 Å². The number of alkyl halides is 2. The highest BCUT2D eigenvalue weighted by Crippen LogP contribution is 2.28. The molecule has 2 fully saturated rings. The van der Waals surface area contributed by atoms with Crippen molar-refractivity contribution in [1.82, 2.24) is 20.4 Å². The summed E-state index contributed by atoms with van der Waals surface area (Å²) in [6, 6.07) is 5.21. The first-order valence-corrected chi connectivity index (χ1v) is 10.4. The highest BCUT2D eigenvalue weighted by atomic mass is 19.3. The number of rotatable bonds is 6. The van der Waals surface area contributed by atoms with Crippen molar-refractivity contribution in [2.45, 2.75) is 57.3 Å². The van der Waals surface area contributed by atoms with E-state index in [9.17, 15) is 23.2 Å². The quantitative estimate of drug-likeness (QED) is 0.678. The van der Waals surface area contributed by atoms with E-state index in [1.54, 1.807) is 4.90 Å². The van der Waals surface area contributed by atoms with Gasteiger partial charge in [0.1, 0.15) is 6.04 Å². The van der Waals surface area contributed by atoms with Crippen LogP contribution in [0.15, 0.2) is 18.2 Å². The summed E-state index contributed by atoms with van der Waals surface area (Å²) in [6.45, 7) is 2.30. The van der Waals surface area contributed by atoms with Gasteiger partial charge in [0.15, 0.2) is 0 Å². The van der Waals surface area contributed by atoms with Gasteiger partial charge in [0.25, 0.3) is 12.3 Å². The molecule has 1 aromatic rings. The molecule has 0 bridgehead atoms. The van der Waals surface area contributed by atoms with Gasteiger partial charge in [-0.05, 0) is 43.0 Å². The lowest BCUT2D eigenvalue weighted by atomic mass is 10.0. The number of carbonyl (C=O) groups excluding carboxylic acids is 3. The van der Waals surface area contributed by atoms with E-state index in [0.29, 0.717) is 31.6 Å². The van der Waals surface area contributed by atoms with Crippen molar-refractivity contribution < 1.29 is 23.2 Å². The summed E-state index contributed by atoms with van der Waals surface area (Å²) in [5, 5.41) is 5.23. The third kappa shape index (κ3) is 4.52. The van der Waals surface area contributed by atoms with Crippen LogP contribution in [0.4, 0.5) is 8.78 Å². The number of hydrogen-bond acceptors (Lipinski definition) is 5. The first kappa shape index (κ1) is 20.9. The fraction of sp³-hybridized carbons (Fsp3) is 0.571. The van der Waals surface area contributed by atoms with Crippen LogP contribution < -0.4 is 10.6 Å². The molecule has 2 saturated heterocycles. The fourth-order valence-electron chi connectivity index (χ4n) is 4.58. The van der Waals surface area contributed by atoms with Crippen molar-refractivity contribution in [2.24, 2.45) is 0 Å². The van der Waals surface area contributed by atoms with Gasteiger partial charge in [0, 0.05) is 37.7 Å². The standard InChI is InChI=1S/C21H26F2N4O3/c22-18(23)9-24-15-2-1-7-26(12-15)10-13-3-4-14-11-27(21(30)16(14)8-13)17-5-6-19(28)25-20(17)29/h3-4,8,15,17-18,24H,1-2,5-7,9-12H2,(H,25,28,29). The molecule has 2 atom stereocenters. The zero-order valence-corrected chi connectivity index (χ0v) is 16.7. The van der Waals surface area contributed by atoms with Gasteiger partial charge in [-0.25, -0.2) is 8.78 Å². The lowest BCUT2D eigenvalue weighted by molar-refractivity contribution is -0.136. The van der Waals surface area contributed by atoms with Crippen LogP contribution in [0.2, 0.25) is 0 Å². The highest BCUT2D eigenvalue weighted by molar-refractivity contribution is 6.05. The molecule has 162 valence electrons. The van der Waals surface area contributed by atoms with Crippen molar-refractivity contribution in [3.8, 4) is 0 Å². The van der Waals surface area contributed by atoms with Gasteiger partial charge in [-0.3, -0.25) is 24.6 Å². The summed E-state index contributed by atoms with van der Waals surface area (Å²) >= 11 is 0. The summed E-state index contributed by atoms with van der Waals surface area (Å²) in [7, 11) is 0. The lowest BCUT2D eigenvalue weighted by Gasteiger charge is -2.33. The van der Waals surface area contributed by atoms with Gasteiger partial charge in [-0.15, -0.1) is 0 Å². The second-order valence-electron chi connectivity index (χ2n) is 8.27. The van der Waals surface area contributed by atoms with Gasteiger partial charge < -0.3 is 10.2 Å². The van der Waals surface area contributed by atoms with E-state index >= 15 is 0 Å². The predicted octanol–water partition coefficient (Wildman–Crippen LogP) is 1.27. The number of fused-ring (bicyclic) bond motifs is 1. The molecule has 0 radical (unpaired) electrons. The molecule has 0 aliphatic carbocycles. The number of nitrogens with one attached hydrogen (secondary N) is 2. The van der Waals surface area contributed by atoms with Crippen LogP contribution in [0.3, 0.4) is 0 Å². The van der Waals surface area contributed by atoms with E-state index in [0.717, 1.165) is 30.5 Å². The molecule has 0 spiro atoms. The highest BCUT2D eigenvalue weighted by Gasteiger charge is 2.39. The number of hydrogen-bond donors (Lipinski definition) is 2. The molecule has 30 heavy (non-hydrogen) atoms. The Hall–Kier alpha value is -2.39. The third-order valence-electron chi connectivity index (χ3n) is 6.07. The number of halogens is 2. The van der Waals surface area contributed by atoms with E-state index in [4.69, 9.17) is 0 Å². The Bertz CT molecular complexity index is 848. The molecule has 1 aromatic carbocycles. The summed E-state index contributed by atoms with van der Waals surface area (Å²) in [6.07, 6.45) is 0.0477. The molecule has 2 unspecified atom stereocenters. The molecule has 3 amide bonds. The number of benzene rings is 1. The van der Waals surface area contributed by atoms with Crippen LogP contribution in [0.5, 0.6) is 0 Å². The van der Waals surface area contributed by atoms with Crippen LogP contribution in [-0.2, 0) is 22.7 Å². The van der Waals surface area contributed by atoms with E-state index in [1.165, 1.54) is 0 Å². The number of imide groups is 1. The third-order valence-corrected chi connectivity index (χ3v) is 6.07. The lowest BCUT2D eigenvalue weighted by Crippen LogP contribution is -2.52. The van der Waals surface area contributed by atoms with Gasteiger partial charge in [0.05, 0.1) is 6.54 Å². The number of nitrogens with zero attached hydrogens (tertiary/aromatic N) is 2. The second-order valence-corrected chi connectivity index (χ2v) is 8.27. The minimum absolute atomic E-state index is 0.0480. The predicted molar refractivity (Wildman–Crippen MR) is 105 cm³/mol. The number of amides is 3. The maximum atomic E-state index is 12.9. The molecule has 3 aliphatic rings. The van der Waals surface area contributed by atoms with Gasteiger partial charge >= 0.3 is 0 Å². The first-order chi connectivity index (χ1) is 14.4. The molecule has 3 heterocycles. The Morgan fingerprint density at radius 2 is 2.03 bits per heavy atom. The van der Waals surface area contributed by atoms with Gasteiger partial charge in [-0.1, -0.05) is 12.1 Å². The van der Waals surface area contributed by atoms with Gasteiger partial charge in [-0.2, -0.15) is 0 Å². The van der Waals surface area contributed by atoms with Crippen LogP contribution in [-0.4, -0.2) is 65.7 Å². The van der Waals surface area contributed by atoms with Crippen molar-refractivity contribution in [1.29, 1.82) is 0 Å². The number of likely N-dealkylation sites (tertiary alicyclic amines) is 1. The maximum Gasteiger partial charge on any atom is 0.255 e. The molecule has 9 heteroatoms. The Labute approximate surface area is 173 Å². The zero-order chi connectivity index (χ0) is 21.3. The van der Waals surface area contributed by atoms with Crippen molar-refractivity contribution >= 4 is 17.7 Å². The summed E-state index contributed by atoms with van der Waals surface area (Å²) < 4.78 is 24.9. The van der Waals surface area contributed by atoms with Crippen LogP contribution in [0, 0.1) is 0 Å². The second kappa shape index (κ2) is 8.77. The van der Waals surface area contributed by atoms with Crippen molar-refractivity contribution in [3.63, 3.8) is 0 Å². The Kier molecular flexibility index (Phi) is 6.10. The molecule has 2 N–H and O–H groups in total. The average Bonchev–Trinajstić information content (AvgIpc) is 3.03. The maximum absolute atomic E-state index is 12.9. The monoisotopic (exact) mass is 420 g/mol. The van der Waals surface area contributed by atoms with Crippen LogP contribution >= 0.6 is 0 Å². The minimum atomic E-state index is -2.35. The van der Waals surface area contributed by atoms with Crippen LogP contribution in [0.1, 0.15) is 47.2 Å². The molecule has 3 aliphatic heterocycles. The summed E-state index contributed by atoms with van der Waals surface area (Å²) in [5.74, 6) is -0.898. The van der Waals surface area contributed by atoms with E-state index < -0.39 is 18.4 Å². The van der Waals surface area contributed by atoms with Crippen molar-refractivity contribution in [2.75, 3.05) is 19.6 Å². The number of piperidine rings is 2. The van der Waals surface area contributed by atoms with Crippen molar-refractivity contribution in [3.05, 3.63) is 34.9 Å². The van der Waals surface area contributed by atoms with Crippen LogP contribution in [0.25, 0.3) is 0 Å². The molecule has 0 aromatic heterocycles. The normalized spacial score (nSPS) is 25.0. The molecular weight excluding hydrogens is 394 g/mol. The molecule has 7 nitrogen and oxygen atoms in total. The molecule has 4 rings (SSSR count). The Morgan fingerprint density at radius 3 is 2.80 bits per heavy atom. The zero-order valence-electron chi connectivity index (χ0n) is 16.7. The van der Waals surface area contributed by atoms with Gasteiger partial charge in [0.2, 0.25) is 11.8 Å². The Balaban J connectivity index is 1.40. The number of carbonyl (C=O) groups is 3. The fourth-order valence-corrected chi connectivity index (χ4v) is 4.58. The molecular formula is C21H26F2N4O3. The van der Waals surface area contributed by atoms with E-state index in [1.807, 2.05) is 18.2 Å².